The number of halogens is 1. The van der Waals surface area contributed by atoms with Gasteiger partial charge in [-0.15, -0.1) is 0 Å². The minimum atomic E-state index is -0.619. The Kier molecular flexibility index (Phi) is 8.87. The minimum absolute atomic E-state index is 0.133. The number of carbonyl (C=O) groups is 2. The van der Waals surface area contributed by atoms with Crippen molar-refractivity contribution in [3.63, 3.8) is 0 Å². The monoisotopic (exact) mass is 454 g/mol. The molecule has 1 atom stereocenters. The Bertz CT molecular complexity index is 939. The van der Waals surface area contributed by atoms with Crippen LogP contribution in [-0.4, -0.2) is 35.4 Å². The van der Waals surface area contributed by atoms with Gasteiger partial charge < -0.3 is 15.0 Å². The number of hydrogen-bond acceptors (Lipinski definition) is 3. The fourth-order valence-corrected chi connectivity index (χ4v) is 4.34. The highest BCUT2D eigenvalue weighted by Crippen LogP contribution is 2.21. The van der Waals surface area contributed by atoms with Gasteiger partial charge in [-0.25, -0.2) is 4.39 Å². The molecule has 0 spiro atoms. The van der Waals surface area contributed by atoms with E-state index >= 15 is 0 Å². The molecular weight excluding hydrogens is 419 g/mol. The molecule has 1 aliphatic carbocycles. The maximum absolute atomic E-state index is 13.4. The van der Waals surface area contributed by atoms with Gasteiger partial charge in [0.05, 0.1) is 0 Å². The number of hydrogen-bond donors (Lipinski definition) is 1. The second-order valence-electron chi connectivity index (χ2n) is 8.97. The van der Waals surface area contributed by atoms with Crippen LogP contribution in [0.1, 0.15) is 62.1 Å². The summed E-state index contributed by atoms with van der Waals surface area (Å²) >= 11 is 0. The van der Waals surface area contributed by atoms with Crippen molar-refractivity contribution in [2.75, 3.05) is 6.61 Å². The third-order valence-electron chi connectivity index (χ3n) is 6.30. The fourth-order valence-electron chi connectivity index (χ4n) is 4.34. The van der Waals surface area contributed by atoms with Crippen LogP contribution in [0.15, 0.2) is 42.5 Å². The molecule has 0 heterocycles. The van der Waals surface area contributed by atoms with Crippen molar-refractivity contribution >= 4 is 11.8 Å². The Morgan fingerprint density at radius 2 is 1.79 bits per heavy atom. The van der Waals surface area contributed by atoms with Crippen LogP contribution in [0.5, 0.6) is 5.75 Å². The van der Waals surface area contributed by atoms with E-state index in [2.05, 4.69) is 5.32 Å². The topological polar surface area (TPSA) is 58.6 Å². The fraction of sp³-hybridized carbons (Fsp3) is 0.481. The SMILES string of the molecule is CC[C@H](C(=O)NC1CCCCC1)N(Cc1ccc(F)cc1)C(=O)COc1cc(C)ccc1C. The van der Waals surface area contributed by atoms with E-state index in [1.54, 1.807) is 17.0 Å². The summed E-state index contributed by atoms with van der Waals surface area (Å²) in [6, 6.07) is 11.4. The average Bonchev–Trinajstić information content (AvgIpc) is 2.81. The van der Waals surface area contributed by atoms with Crippen LogP contribution in [0.2, 0.25) is 0 Å². The molecule has 0 bridgehead atoms. The van der Waals surface area contributed by atoms with Crippen molar-refractivity contribution in [2.45, 2.75) is 77.9 Å². The van der Waals surface area contributed by atoms with E-state index in [4.69, 9.17) is 4.74 Å². The van der Waals surface area contributed by atoms with Gasteiger partial charge >= 0.3 is 0 Å². The normalized spacial score (nSPS) is 15.0. The second-order valence-corrected chi connectivity index (χ2v) is 8.97. The van der Waals surface area contributed by atoms with Gasteiger partial charge in [0.1, 0.15) is 17.6 Å². The van der Waals surface area contributed by atoms with E-state index < -0.39 is 6.04 Å². The first-order valence-corrected chi connectivity index (χ1v) is 11.9. The summed E-state index contributed by atoms with van der Waals surface area (Å²) in [5, 5.41) is 3.16. The second kappa shape index (κ2) is 11.8. The van der Waals surface area contributed by atoms with Crippen LogP contribution in [0.25, 0.3) is 0 Å². The summed E-state index contributed by atoms with van der Waals surface area (Å²) in [6.45, 7) is 5.85. The zero-order chi connectivity index (χ0) is 23.8. The summed E-state index contributed by atoms with van der Waals surface area (Å²) < 4.78 is 19.3. The predicted molar refractivity (Wildman–Crippen MR) is 127 cm³/mol. The van der Waals surface area contributed by atoms with Gasteiger partial charge in [-0.3, -0.25) is 9.59 Å². The number of rotatable bonds is 9. The van der Waals surface area contributed by atoms with Crippen LogP contribution >= 0.6 is 0 Å². The van der Waals surface area contributed by atoms with E-state index in [-0.39, 0.29) is 36.8 Å². The summed E-state index contributed by atoms with van der Waals surface area (Å²) in [5.74, 6) is -0.0840. The molecule has 0 saturated heterocycles. The number of aryl methyl sites for hydroxylation is 2. The van der Waals surface area contributed by atoms with Crippen LogP contribution in [-0.2, 0) is 16.1 Å². The average molecular weight is 455 g/mol. The lowest BCUT2D eigenvalue weighted by Crippen LogP contribution is -2.52. The Labute approximate surface area is 196 Å². The van der Waals surface area contributed by atoms with Gasteiger partial charge in [-0.2, -0.15) is 0 Å². The molecule has 3 rings (SSSR count). The molecule has 33 heavy (non-hydrogen) atoms. The zero-order valence-corrected chi connectivity index (χ0v) is 19.9. The molecular formula is C27H35FN2O3. The highest BCUT2D eigenvalue weighted by atomic mass is 19.1. The molecule has 0 aliphatic heterocycles. The highest BCUT2D eigenvalue weighted by molar-refractivity contribution is 5.88. The zero-order valence-electron chi connectivity index (χ0n) is 19.9. The Morgan fingerprint density at radius 1 is 1.09 bits per heavy atom. The quantitative estimate of drug-likeness (QED) is 0.575. The first kappa shape index (κ1) is 24.7. The number of nitrogens with one attached hydrogen (secondary N) is 1. The molecule has 1 saturated carbocycles. The van der Waals surface area contributed by atoms with Gasteiger partial charge in [0.2, 0.25) is 5.91 Å². The Balaban J connectivity index is 1.77. The van der Waals surface area contributed by atoms with Crippen molar-refractivity contribution in [2.24, 2.45) is 0 Å². The number of carbonyl (C=O) groups excluding carboxylic acids is 2. The van der Waals surface area contributed by atoms with E-state index in [9.17, 15) is 14.0 Å². The largest absolute Gasteiger partial charge is 0.483 e. The molecule has 0 aromatic heterocycles. The van der Waals surface area contributed by atoms with E-state index in [1.807, 2.05) is 39.0 Å². The van der Waals surface area contributed by atoms with Gasteiger partial charge in [0.15, 0.2) is 6.61 Å². The summed E-state index contributed by atoms with van der Waals surface area (Å²) in [6.07, 6.45) is 5.87. The molecule has 2 amide bonds. The first-order chi connectivity index (χ1) is 15.9. The molecule has 1 aliphatic rings. The van der Waals surface area contributed by atoms with Crippen molar-refractivity contribution in [1.29, 1.82) is 0 Å². The molecule has 6 heteroatoms. The molecule has 0 radical (unpaired) electrons. The Morgan fingerprint density at radius 3 is 2.45 bits per heavy atom. The molecule has 5 nitrogen and oxygen atoms in total. The molecule has 178 valence electrons. The lowest BCUT2D eigenvalue weighted by molar-refractivity contribution is -0.143. The number of nitrogens with zero attached hydrogens (tertiary/aromatic N) is 1. The summed E-state index contributed by atoms with van der Waals surface area (Å²) in [7, 11) is 0. The van der Waals surface area contributed by atoms with Gasteiger partial charge in [-0.1, -0.05) is 50.5 Å². The molecule has 1 fully saturated rings. The molecule has 1 N–H and O–H groups in total. The van der Waals surface area contributed by atoms with Gasteiger partial charge in [0.25, 0.3) is 5.91 Å². The van der Waals surface area contributed by atoms with Crippen molar-refractivity contribution in [1.82, 2.24) is 10.2 Å². The summed E-state index contributed by atoms with van der Waals surface area (Å²) in [5.41, 5.74) is 2.76. The van der Waals surface area contributed by atoms with E-state index in [1.165, 1.54) is 18.6 Å². The van der Waals surface area contributed by atoms with Crippen molar-refractivity contribution in [3.8, 4) is 5.75 Å². The maximum atomic E-state index is 13.4. The number of ether oxygens (including phenoxy) is 1. The smallest absolute Gasteiger partial charge is 0.261 e. The third kappa shape index (κ3) is 7.04. The predicted octanol–water partition coefficient (Wildman–Crippen LogP) is 5.08. The number of benzene rings is 2. The van der Waals surface area contributed by atoms with Crippen LogP contribution in [0.3, 0.4) is 0 Å². The highest BCUT2D eigenvalue weighted by Gasteiger charge is 2.30. The van der Waals surface area contributed by atoms with Crippen molar-refractivity contribution < 1.29 is 18.7 Å². The summed E-state index contributed by atoms with van der Waals surface area (Å²) in [4.78, 5) is 28.1. The lowest BCUT2D eigenvalue weighted by atomic mass is 9.95. The van der Waals surface area contributed by atoms with Crippen LogP contribution < -0.4 is 10.1 Å². The molecule has 2 aromatic carbocycles. The lowest BCUT2D eigenvalue weighted by Gasteiger charge is -2.32. The Hall–Kier alpha value is -2.89. The maximum Gasteiger partial charge on any atom is 0.261 e. The minimum Gasteiger partial charge on any atom is -0.483 e. The molecule has 2 aromatic rings. The number of amides is 2. The van der Waals surface area contributed by atoms with E-state index in [0.29, 0.717) is 12.2 Å². The third-order valence-corrected chi connectivity index (χ3v) is 6.30. The van der Waals surface area contributed by atoms with Crippen molar-refractivity contribution in [3.05, 3.63) is 65.0 Å². The van der Waals surface area contributed by atoms with Crippen LogP contribution in [0, 0.1) is 19.7 Å². The van der Waals surface area contributed by atoms with Gasteiger partial charge in [0, 0.05) is 12.6 Å². The first-order valence-electron chi connectivity index (χ1n) is 11.9. The standard InChI is InChI=1S/C27H35FN2O3/c1-4-24(27(32)29-23-8-6-5-7-9-23)30(17-21-12-14-22(28)15-13-21)26(31)18-33-25-16-19(2)10-11-20(25)3/h10-16,23-24H,4-9,17-18H2,1-3H3,(H,29,32)/t24-/m1/s1. The molecule has 0 unspecified atom stereocenters. The van der Waals surface area contributed by atoms with Gasteiger partial charge in [-0.05, 0) is 68.0 Å². The van der Waals surface area contributed by atoms with Crippen LogP contribution in [0.4, 0.5) is 4.39 Å². The van der Waals surface area contributed by atoms with E-state index in [0.717, 1.165) is 42.4 Å².